The van der Waals surface area contributed by atoms with Crippen molar-refractivity contribution in [3.05, 3.63) is 18.7 Å². The summed E-state index contributed by atoms with van der Waals surface area (Å²) in [6.07, 6.45) is 3.96. The lowest BCUT2D eigenvalue weighted by atomic mass is 11.0. The van der Waals surface area contributed by atoms with Crippen molar-refractivity contribution in [1.29, 1.82) is 0 Å². The fourth-order valence-electron chi connectivity index (χ4n) is 0.335. The summed E-state index contributed by atoms with van der Waals surface area (Å²) in [4.78, 5) is 3.51. The smallest absolute Gasteiger partial charge is 0.106 e. The van der Waals surface area contributed by atoms with Gasteiger partial charge in [0.2, 0.25) is 0 Å². The molecule has 0 N–H and O–H groups in total. The van der Waals surface area contributed by atoms with Crippen LogP contribution in [0.25, 0.3) is 0 Å². The van der Waals surface area contributed by atoms with Gasteiger partial charge in [-0.2, -0.15) is 0 Å². The van der Waals surface area contributed by atoms with Gasteiger partial charge in [0.15, 0.2) is 0 Å². The van der Waals surface area contributed by atoms with Gasteiger partial charge in [-0.25, -0.2) is 4.98 Å². The van der Waals surface area contributed by atoms with Crippen LogP contribution in [0, 0.1) is 0 Å². The van der Waals surface area contributed by atoms with Crippen LogP contribution in [-0.2, 0) is 11.3 Å². The van der Waals surface area contributed by atoms with Crippen LogP contribution >= 0.6 is 0 Å². The first-order valence-electron chi connectivity index (χ1n) is 1.88. The third-order valence-corrected chi connectivity index (χ3v) is 1.21. The van der Waals surface area contributed by atoms with E-state index in [0.29, 0.717) is 0 Å². The molecule has 0 amide bonds. The van der Waals surface area contributed by atoms with Crippen molar-refractivity contribution >= 4 is 11.3 Å². The molecule has 1 aromatic rings. The molecule has 1 aromatic heterocycles. The van der Waals surface area contributed by atoms with Gasteiger partial charge in [-0.15, -0.1) is 0 Å². The van der Waals surface area contributed by atoms with Crippen molar-refractivity contribution in [2.75, 3.05) is 0 Å². The topological polar surface area (TPSA) is 57.9 Å². The second kappa shape index (κ2) is 2.06. The standard InChI is InChI=1S/C3H4N2O2S/c6-8(7)5-2-1-4-3-5/h1-3H,(H,6,7)/p-1. The van der Waals surface area contributed by atoms with E-state index >= 15 is 0 Å². The zero-order valence-electron chi connectivity index (χ0n) is 3.85. The minimum atomic E-state index is -2.19. The van der Waals surface area contributed by atoms with Crippen LogP contribution in [0.3, 0.4) is 0 Å². The molecular weight excluding hydrogens is 128 g/mol. The summed E-state index contributed by atoms with van der Waals surface area (Å²) in [6, 6.07) is 0. The predicted molar refractivity (Wildman–Crippen MR) is 26.5 cm³/mol. The highest BCUT2D eigenvalue weighted by atomic mass is 32.2. The summed E-state index contributed by atoms with van der Waals surface area (Å²) >= 11 is -2.19. The van der Waals surface area contributed by atoms with Gasteiger partial charge in [0.05, 0.1) is 11.3 Å². The zero-order chi connectivity index (χ0) is 5.98. The fourth-order valence-corrected chi connectivity index (χ4v) is 0.620. The lowest BCUT2D eigenvalue weighted by Gasteiger charge is -2.01. The van der Waals surface area contributed by atoms with E-state index in [9.17, 15) is 8.76 Å². The van der Waals surface area contributed by atoms with Gasteiger partial charge < -0.3 is 4.55 Å². The fraction of sp³-hybridized carbons (Fsp3) is 0. The normalized spacial score (nSPS) is 13.6. The molecule has 1 unspecified atom stereocenters. The molecule has 0 aromatic carbocycles. The van der Waals surface area contributed by atoms with E-state index < -0.39 is 11.3 Å². The lowest BCUT2D eigenvalue weighted by molar-refractivity contribution is 0.528. The highest BCUT2D eigenvalue weighted by Gasteiger charge is 1.81. The van der Waals surface area contributed by atoms with Gasteiger partial charge in [0.25, 0.3) is 0 Å². The Kier molecular flexibility index (Phi) is 1.40. The van der Waals surface area contributed by atoms with E-state index in [0.717, 1.165) is 3.97 Å². The first-order chi connectivity index (χ1) is 3.80. The molecule has 1 heterocycles. The number of nitrogens with zero attached hydrogens (tertiary/aromatic N) is 2. The van der Waals surface area contributed by atoms with E-state index in [1.165, 1.54) is 18.7 Å². The van der Waals surface area contributed by atoms with Crippen molar-refractivity contribution in [3.8, 4) is 0 Å². The van der Waals surface area contributed by atoms with E-state index in [4.69, 9.17) is 0 Å². The molecule has 0 spiro atoms. The number of imidazole rings is 1. The zero-order valence-corrected chi connectivity index (χ0v) is 4.67. The SMILES string of the molecule is O=S([O-])n1ccnc1. The van der Waals surface area contributed by atoms with Crippen LogP contribution in [0.2, 0.25) is 0 Å². The third kappa shape index (κ3) is 0.932. The van der Waals surface area contributed by atoms with Crippen molar-refractivity contribution in [3.63, 3.8) is 0 Å². The molecule has 0 bridgehead atoms. The maximum Gasteiger partial charge on any atom is 0.106 e. The van der Waals surface area contributed by atoms with Gasteiger partial charge in [-0.3, -0.25) is 8.18 Å². The predicted octanol–water partition coefficient (Wildman–Crippen LogP) is -0.475. The molecule has 0 fully saturated rings. The average molecular weight is 131 g/mol. The molecule has 5 heteroatoms. The molecule has 4 nitrogen and oxygen atoms in total. The van der Waals surface area contributed by atoms with E-state index in [1.807, 2.05) is 0 Å². The van der Waals surface area contributed by atoms with Crippen molar-refractivity contribution < 1.29 is 8.76 Å². The minimum absolute atomic E-state index is 0.972. The van der Waals surface area contributed by atoms with Crippen molar-refractivity contribution in [1.82, 2.24) is 8.96 Å². The van der Waals surface area contributed by atoms with E-state index in [2.05, 4.69) is 4.98 Å². The van der Waals surface area contributed by atoms with Crippen LogP contribution in [0.15, 0.2) is 18.7 Å². The van der Waals surface area contributed by atoms with Crippen LogP contribution in [0.5, 0.6) is 0 Å². The molecule has 44 valence electrons. The monoisotopic (exact) mass is 131 g/mol. The third-order valence-electron chi connectivity index (χ3n) is 0.652. The summed E-state index contributed by atoms with van der Waals surface area (Å²) in [5.41, 5.74) is 0. The molecule has 1 rings (SSSR count). The first-order valence-corrected chi connectivity index (χ1v) is 2.91. The summed E-state index contributed by atoms with van der Waals surface area (Å²) in [5.74, 6) is 0. The largest absolute Gasteiger partial charge is 0.755 e. The Balaban J connectivity index is 2.93. The molecular formula is C3H3N2O2S-. The van der Waals surface area contributed by atoms with Gasteiger partial charge in [-0.1, -0.05) is 0 Å². The van der Waals surface area contributed by atoms with Crippen LogP contribution in [-0.4, -0.2) is 17.7 Å². The minimum Gasteiger partial charge on any atom is -0.755 e. The Bertz CT molecular complexity index is 183. The highest BCUT2D eigenvalue weighted by Crippen LogP contribution is 1.83. The number of hydrogen-bond donors (Lipinski definition) is 0. The Morgan fingerprint density at radius 1 is 1.75 bits per heavy atom. The number of hydrogen-bond acceptors (Lipinski definition) is 3. The second-order valence-corrected chi connectivity index (χ2v) is 2.00. The van der Waals surface area contributed by atoms with Gasteiger partial charge in [-0.05, 0) is 0 Å². The maximum absolute atomic E-state index is 9.98. The molecule has 0 saturated heterocycles. The Hall–Kier alpha value is -0.680. The molecule has 0 aliphatic heterocycles. The first kappa shape index (κ1) is 5.46. The Morgan fingerprint density at radius 2 is 2.50 bits per heavy atom. The molecule has 0 aliphatic carbocycles. The number of aromatic nitrogens is 2. The summed E-state index contributed by atoms with van der Waals surface area (Å²) < 4.78 is 20.9. The van der Waals surface area contributed by atoms with Crippen LogP contribution < -0.4 is 0 Å². The van der Waals surface area contributed by atoms with Crippen LogP contribution in [0.1, 0.15) is 0 Å². The quantitative estimate of drug-likeness (QED) is 0.484. The Morgan fingerprint density at radius 3 is 2.75 bits per heavy atom. The average Bonchev–Trinajstić information content (AvgIpc) is 2.12. The number of rotatable bonds is 1. The molecule has 8 heavy (non-hydrogen) atoms. The molecule has 1 atom stereocenters. The highest BCUT2D eigenvalue weighted by molar-refractivity contribution is 7.77. The second-order valence-electron chi connectivity index (χ2n) is 1.14. The summed E-state index contributed by atoms with van der Waals surface area (Å²) in [7, 11) is 0. The van der Waals surface area contributed by atoms with Crippen LogP contribution in [0.4, 0.5) is 0 Å². The van der Waals surface area contributed by atoms with E-state index in [1.54, 1.807) is 0 Å². The molecule has 0 saturated carbocycles. The molecule has 0 aliphatic rings. The van der Waals surface area contributed by atoms with E-state index in [-0.39, 0.29) is 0 Å². The summed E-state index contributed by atoms with van der Waals surface area (Å²) in [6.45, 7) is 0. The van der Waals surface area contributed by atoms with Gasteiger partial charge >= 0.3 is 0 Å². The van der Waals surface area contributed by atoms with Gasteiger partial charge in [0, 0.05) is 12.4 Å². The van der Waals surface area contributed by atoms with Gasteiger partial charge in [0.1, 0.15) is 6.33 Å². The molecule has 0 radical (unpaired) electrons. The maximum atomic E-state index is 9.98. The summed E-state index contributed by atoms with van der Waals surface area (Å²) in [5, 5.41) is 0. The Labute approximate surface area is 48.6 Å². The van der Waals surface area contributed by atoms with Crippen molar-refractivity contribution in [2.24, 2.45) is 0 Å². The van der Waals surface area contributed by atoms with Crippen molar-refractivity contribution in [2.45, 2.75) is 0 Å². The lowest BCUT2D eigenvalue weighted by Crippen LogP contribution is -1.97.